The first kappa shape index (κ1) is 43.4. The molecule has 1 amide bonds. The number of carbonyl (C=O) groups excluding carboxylic acids is 1. The highest BCUT2D eigenvalue weighted by atomic mass is 16.3. The summed E-state index contributed by atoms with van der Waals surface area (Å²) < 4.78 is 0. The maximum absolute atomic E-state index is 12.3. The van der Waals surface area contributed by atoms with Crippen molar-refractivity contribution in [3.8, 4) is 0 Å². The van der Waals surface area contributed by atoms with Gasteiger partial charge in [0, 0.05) is 6.42 Å². The Bertz CT molecular complexity index is 726. The van der Waals surface area contributed by atoms with Gasteiger partial charge in [-0.15, -0.1) is 0 Å². The van der Waals surface area contributed by atoms with Gasteiger partial charge in [0.15, 0.2) is 0 Å². The minimum absolute atomic E-state index is 0.0854. The Labute approximate surface area is 280 Å². The Morgan fingerprint density at radius 2 is 0.889 bits per heavy atom. The van der Waals surface area contributed by atoms with Crippen LogP contribution in [-0.2, 0) is 4.79 Å². The topological polar surface area (TPSA) is 69.6 Å². The standard InChI is InChI=1S/C41H75NO3/c1-3-5-7-9-11-13-15-17-18-19-20-21-22-23-24-25-27-29-31-33-35-37-41(45)42-39(38-43)40(44)36-34-32-30-28-26-16-14-12-10-8-6-4-2/h10,12,21-22,26,28,34,36,39-40,43-44H,3-9,11,13-20,23-25,27,29-33,35,37-38H2,1-2H3,(H,42,45)/b12-10+,22-21-,28-26+,36-34+. The lowest BCUT2D eigenvalue weighted by Crippen LogP contribution is -2.45. The molecule has 0 aliphatic carbocycles. The highest BCUT2D eigenvalue weighted by Gasteiger charge is 2.17. The summed E-state index contributed by atoms with van der Waals surface area (Å²) in [7, 11) is 0. The van der Waals surface area contributed by atoms with Crippen molar-refractivity contribution < 1.29 is 15.0 Å². The molecule has 2 atom stereocenters. The van der Waals surface area contributed by atoms with Crippen LogP contribution in [0, 0.1) is 0 Å². The van der Waals surface area contributed by atoms with Crippen LogP contribution in [0.4, 0.5) is 0 Å². The Kier molecular flexibility index (Phi) is 35.5. The Balaban J connectivity index is 3.63. The summed E-state index contributed by atoms with van der Waals surface area (Å²) in [6, 6.07) is -0.646. The molecule has 0 fully saturated rings. The summed E-state index contributed by atoms with van der Waals surface area (Å²) >= 11 is 0. The van der Waals surface area contributed by atoms with Crippen molar-refractivity contribution in [1.29, 1.82) is 0 Å². The maximum Gasteiger partial charge on any atom is 0.220 e. The minimum Gasteiger partial charge on any atom is -0.394 e. The number of unbranched alkanes of at least 4 members (excludes halogenated alkanes) is 21. The van der Waals surface area contributed by atoms with Crippen LogP contribution >= 0.6 is 0 Å². The van der Waals surface area contributed by atoms with Crippen LogP contribution in [0.2, 0.25) is 0 Å². The third-order valence-electron chi connectivity index (χ3n) is 8.51. The second-order valence-electron chi connectivity index (χ2n) is 13.0. The molecule has 45 heavy (non-hydrogen) atoms. The van der Waals surface area contributed by atoms with Crippen LogP contribution in [0.5, 0.6) is 0 Å². The van der Waals surface area contributed by atoms with E-state index in [4.69, 9.17) is 0 Å². The number of carbonyl (C=O) groups is 1. The molecule has 0 aromatic carbocycles. The first-order chi connectivity index (χ1) is 22.2. The van der Waals surface area contributed by atoms with E-state index in [1.54, 1.807) is 6.08 Å². The van der Waals surface area contributed by atoms with Crippen molar-refractivity contribution >= 4 is 5.91 Å². The van der Waals surface area contributed by atoms with E-state index in [1.807, 2.05) is 6.08 Å². The average molecular weight is 630 g/mol. The molecule has 0 rings (SSSR count). The van der Waals surface area contributed by atoms with E-state index in [9.17, 15) is 15.0 Å². The first-order valence-electron chi connectivity index (χ1n) is 19.4. The zero-order valence-corrected chi connectivity index (χ0v) is 29.9. The predicted molar refractivity (Wildman–Crippen MR) is 198 cm³/mol. The van der Waals surface area contributed by atoms with Gasteiger partial charge in [-0.3, -0.25) is 4.79 Å². The first-order valence-corrected chi connectivity index (χ1v) is 19.4. The summed E-state index contributed by atoms with van der Waals surface area (Å²) in [6.45, 7) is 4.23. The monoisotopic (exact) mass is 630 g/mol. The number of aliphatic hydroxyl groups excluding tert-OH is 2. The van der Waals surface area contributed by atoms with E-state index in [2.05, 4.69) is 55.6 Å². The number of nitrogens with one attached hydrogen (secondary N) is 1. The number of aliphatic hydroxyl groups is 2. The second-order valence-corrected chi connectivity index (χ2v) is 13.0. The smallest absolute Gasteiger partial charge is 0.220 e. The fourth-order valence-electron chi connectivity index (χ4n) is 5.48. The number of amides is 1. The number of allylic oxidation sites excluding steroid dienone is 7. The van der Waals surface area contributed by atoms with E-state index in [0.717, 1.165) is 38.5 Å². The van der Waals surface area contributed by atoms with Crippen LogP contribution in [0.3, 0.4) is 0 Å². The number of hydrogen-bond acceptors (Lipinski definition) is 3. The zero-order chi connectivity index (χ0) is 32.9. The van der Waals surface area contributed by atoms with Crippen molar-refractivity contribution in [3.63, 3.8) is 0 Å². The van der Waals surface area contributed by atoms with E-state index in [1.165, 1.54) is 128 Å². The third kappa shape index (κ3) is 33.5. The molecule has 0 aliphatic rings. The molecule has 0 aromatic heterocycles. The normalized spacial score (nSPS) is 13.6. The number of rotatable bonds is 34. The average Bonchev–Trinajstić information content (AvgIpc) is 3.04. The third-order valence-corrected chi connectivity index (χ3v) is 8.51. The summed E-state index contributed by atoms with van der Waals surface area (Å²) in [5.74, 6) is -0.0854. The van der Waals surface area contributed by atoms with E-state index in [-0.39, 0.29) is 12.5 Å². The van der Waals surface area contributed by atoms with E-state index in [0.29, 0.717) is 6.42 Å². The van der Waals surface area contributed by atoms with Crippen LogP contribution < -0.4 is 5.32 Å². The molecule has 0 heterocycles. The van der Waals surface area contributed by atoms with E-state index >= 15 is 0 Å². The molecule has 0 saturated heterocycles. The highest BCUT2D eigenvalue weighted by molar-refractivity contribution is 5.76. The SMILES string of the molecule is CCCC/C=C/CC/C=C/CC/C=C/C(O)C(CO)NC(=O)CCCCCCCCC/C=C\CCCCCCCCCCCC. The lowest BCUT2D eigenvalue weighted by Gasteiger charge is -2.19. The fourth-order valence-corrected chi connectivity index (χ4v) is 5.48. The Hall–Kier alpha value is -1.65. The summed E-state index contributed by atoms with van der Waals surface area (Å²) in [5.41, 5.74) is 0. The van der Waals surface area contributed by atoms with Gasteiger partial charge in [0.1, 0.15) is 0 Å². The molecule has 0 spiro atoms. The largest absolute Gasteiger partial charge is 0.394 e. The predicted octanol–water partition coefficient (Wildman–Crippen LogP) is 11.6. The van der Waals surface area contributed by atoms with Crippen LogP contribution in [-0.4, -0.2) is 34.9 Å². The van der Waals surface area contributed by atoms with Crippen molar-refractivity contribution in [2.75, 3.05) is 6.61 Å². The second kappa shape index (κ2) is 36.8. The fraction of sp³-hybridized carbons (Fsp3) is 0.780. The van der Waals surface area contributed by atoms with Gasteiger partial charge in [0.05, 0.1) is 18.8 Å². The summed E-state index contributed by atoms with van der Waals surface area (Å²) in [6.07, 6.45) is 49.2. The van der Waals surface area contributed by atoms with Crippen LogP contribution in [0.15, 0.2) is 48.6 Å². The van der Waals surface area contributed by atoms with Gasteiger partial charge >= 0.3 is 0 Å². The van der Waals surface area contributed by atoms with Crippen molar-refractivity contribution in [3.05, 3.63) is 48.6 Å². The van der Waals surface area contributed by atoms with Gasteiger partial charge in [-0.05, 0) is 64.2 Å². The lowest BCUT2D eigenvalue weighted by molar-refractivity contribution is -0.123. The quantitative estimate of drug-likeness (QED) is 0.0490. The molecular weight excluding hydrogens is 554 g/mol. The zero-order valence-electron chi connectivity index (χ0n) is 29.9. The van der Waals surface area contributed by atoms with Gasteiger partial charge in [0.2, 0.25) is 5.91 Å². The Morgan fingerprint density at radius 1 is 0.511 bits per heavy atom. The highest BCUT2D eigenvalue weighted by Crippen LogP contribution is 2.13. The molecule has 0 saturated carbocycles. The molecule has 0 bridgehead atoms. The Morgan fingerprint density at radius 3 is 1.36 bits per heavy atom. The molecule has 4 heteroatoms. The summed E-state index contributed by atoms with van der Waals surface area (Å²) in [5, 5.41) is 22.8. The molecule has 3 N–H and O–H groups in total. The van der Waals surface area contributed by atoms with Crippen molar-refractivity contribution in [2.24, 2.45) is 0 Å². The van der Waals surface area contributed by atoms with E-state index < -0.39 is 12.1 Å². The molecule has 0 aromatic rings. The van der Waals surface area contributed by atoms with Gasteiger partial charge in [-0.25, -0.2) is 0 Å². The van der Waals surface area contributed by atoms with Crippen LogP contribution in [0.1, 0.15) is 187 Å². The maximum atomic E-state index is 12.3. The molecule has 0 aliphatic heterocycles. The van der Waals surface area contributed by atoms with Gasteiger partial charge < -0.3 is 15.5 Å². The van der Waals surface area contributed by atoms with Gasteiger partial charge in [-0.1, -0.05) is 165 Å². The molecule has 0 radical (unpaired) electrons. The lowest BCUT2D eigenvalue weighted by atomic mass is 10.1. The molecule has 262 valence electrons. The van der Waals surface area contributed by atoms with Crippen molar-refractivity contribution in [1.82, 2.24) is 5.32 Å². The molecule has 2 unspecified atom stereocenters. The van der Waals surface area contributed by atoms with Gasteiger partial charge in [0.25, 0.3) is 0 Å². The molecular formula is C41H75NO3. The van der Waals surface area contributed by atoms with Gasteiger partial charge in [-0.2, -0.15) is 0 Å². The minimum atomic E-state index is -0.870. The molecule has 4 nitrogen and oxygen atoms in total. The number of hydrogen-bond donors (Lipinski definition) is 3. The van der Waals surface area contributed by atoms with Crippen molar-refractivity contribution in [2.45, 2.75) is 199 Å². The summed E-state index contributed by atoms with van der Waals surface area (Å²) in [4.78, 5) is 12.3. The van der Waals surface area contributed by atoms with Crippen LogP contribution in [0.25, 0.3) is 0 Å².